The van der Waals surface area contributed by atoms with Crippen molar-refractivity contribution < 1.29 is 23.8 Å². The van der Waals surface area contributed by atoms with Gasteiger partial charge >= 0.3 is 5.97 Å². The van der Waals surface area contributed by atoms with E-state index in [-0.39, 0.29) is 42.9 Å². The fourth-order valence-electron chi connectivity index (χ4n) is 5.73. The SMILES string of the molecule is COC(=O)C1CCC(CNC(=O)Cn2c(COc3ccc(OC4CCNCC4)cc3)nc3cc(C(=N)N)ccc32)CC1. The summed E-state index contributed by atoms with van der Waals surface area (Å²) in [5, 5.41) is 14.2. The summed E-state index contributed by atoms with van der Waals surface area (Å²) in [7, 11) is 1.43. The molecule has 11 heteroatoms. The number of amides is 1. The molecule has 1 saturated carbocycles. The standard InChI is InChI=1S/C31H40N6O5/c1-40-31(39)21-4-2-20(3-5-21)17-35-29(38)18-37-27-11-6-22(30(32)33)16-26(27)36-28(37)19-41-23-7-9-24(10-8-23)42-25-12-14-34-15-13-25/h6-11,16,20-21,25,34H,2-5,12-15,17-19H2,1H3,(H3,32,33)(H,35,38). The van der Waals surface area contributed by atoms with E-state index in [1.165, 1.54) is 7.11 Å². The van der Waals surface area contributed by atoms with Crippen molar-refractivity contribution in [1.82, 2.24) is 20.2 Å². The summed E-state index contributed by atoms with van der Waals surface area (Å²) >= 11 is 0. The van der Waals surface area contributed by atoms with E-state index >= 15 is 0 Å². The van der Waals surface area contributed by atoms with E-state index in [2.05, 4.69) is 10.6 Å². The lowest BCUT2D eigenvalue weighted by atomic mass is 9.82. The Morgan fingerprint density at radius 3 is 2.45 bits per heavy atom. The van der Waals surface area contributed by atoms with Crippen molar-refractivity contribution in [2.24, 2.45) is 17.6 Å². The number of hydrogen-bond donors (Lipinski definition) is 4. The molecule has 1 saturated heterocycles. The molecule has 11 nitrogen and oxygen atoms in total. The molecule has 0 radical (unpaired) electrons. The molecule has 2 aliphatic rings. The molecule has 0 unspecified atom stereocenters. The minimum atomic E-state index is -0.145. The lowest BCUT2D eigenvalue weighted by Crippen LogP contribution is -2.34. The van der Waals surface area contributed by atoms with Crippen molar-refractivity contribution in [2.75, 3.05) is 26.7 Å². The Kier molecular flexibility index (Phi) is 9.58. The molecule has 2 fully saturated rings. The third kappa shape index (κ3) is 7.39. The van der Waals surface area contributed by atoms with E-state index in [1.807, 2.05) is 34.9 Å². The normalized spacial score (nSPS) is 19.3. The predicted octanol–water partition coefficient (Wildman–Crippen LogP) is 3.13. The van der Waals surface area contributed by atoms with Gasteiger partial charge in [-0.05, 0) is 100.0 Å². The maximum Gasteiger partial charge on any atom is 0.308 e. The van der Waals surface area contributed by atoms with Crippen LogP contribution in [0.5, 0.6) is 11.5 Å². The van der Waals surface area contributed by atoms with E-state index in [0.717, 1.165) is 62.9 Å². The van der Waals surface area contributed by atoms with Crippen LogP contribution in [-0.4, -0.2) is 60.1 Å². The monoisotopic (exact) mass is 576 g/mol. The van der Waals surface area contributed by atoms with Gasteiger partial charge in [-0.2, -0.15) is 0 Å². The highest BCUT2D eigenvalue weighted by atomic mass is 16.5. The molecule has 1 aromatic heterocycles. The van der Waals surface area contributed by atoms with Crippen molar-refractivity contribution in [1.29, 1.82) is 5.41 Å². The number of carbonyl (C=O) groups is 2. The number of carbonyl (C=O) groups excluding carboxylic acids is 2. The number of piperidine rings is 1. The number of nitrogens with two attached hydrogens (primary N) is 1. The summed E-state index contributed by atoms with van der Waals surface area (Å²) in [6.45, 7) is 2.73. The highest BCUT2D eigenvalue weighted by molar-refractivity contribution is 5.98. The summed E-state index contributed by atoms with van der Waals surface area (Å²) in [6, 6.07) is 12.9. The zero-order valence-electron chi connectivity index (χ0n) is 24.1. The average Bonchev–Trinajstić information content (AvgIpc) is 3.36. The maximum atomic E-state index is 13.1. The molecule has 1 aliphatic carbocycles. The van der Waals surface area contributed by atoms with Crippen molar-refractivity contribution in [3.8, 4) is 11.5 Å². The number of ether oxygens (including phenoxy) is 3. The molecule has 42 heavy (non-hydrogen) atoms. The topological polar surface area (TPSA) is 154 Å². The van der Waals surface area contributed by atoms with E-state index in [9.17, 15) is 9.59 Å². The van der Waals surface area contributed by atoms with Crippen molar-refractivity contribution >= 4 is 28.7 Å². The number of nitrogens with one attached hydrogen (secondary N) is 3. The lowest BCUT2D eigenvalue weighted by Gasteiger charge is -2.27. The van der Waals surface area contributed by atoms with Crippen LogP contribution in [0.3, 0.4) is 0 Å². The Hall–Kier alpha value is -4.12. The fourth-order valence-corrected chi connectivity index (χ4v) is 5.73. The number of amidine groups is 1. The predicted molar refractivity (Wildman–Crippen MR) is 159 cm³/mol. The van der Waals surface area contributed by atoms with Gasteiger partial charge in [-0.15, -0.1) is 0 Å². The molecule has 2 heterocycles. The van der Waals surface area contributed by atoms with E-state index in [1.54, 1.807) is 12.1 Å². The number of nitrogen functional groups attached to an aromatic ring is 1. The fraction of sp³-hybridized carbons (Fsp3) is 0.484. The molecule has 0 spiro atoms. The highest BCUT2D eigenvalue weighted by Crippen LogP contribution is 2.29. The maximum absolute atomic E-state index is 13.1. The van der Waals surface area contributed by atoms with Gasteiger partial charge in [-0.3, -0.25) is 15.0 Å². The molecule has 5 N–H and O–H groups in total. The van der Waals surface area contributed by atoms with E-state index in [4.69, 9.17) is 30.3 Å². The van der Waals surface area contributed by atoms with Crippen LogP contribution in [0.15, 0.2) is 42.5 Å². The first-order valence-corrected chi connectivity index (χ1v) is 14.7. The summed E-state index contributed by atoms with van der Waals surface area (Å²) in [5.74, 6) is 2.05. The van der Waals surface area contributed by atoms with Crippen LogP contribution in [0, 0.1) is 17.2 Å². The number of methoxy groups -OCH3 is 1. The molecular formula is C31H40N6O5. The lowest BCUT2D eigenvalue weighted by molar-refractivity contribution is -0.146. The van der Waals surface area contributed by atoms with Gasteiger partial charge in [0.2, 0.25) is 5.91 Å². The number of nitrogens with zero attached hydrogens (tertiary/aromatic N) is 2. The number of rotatable bonds is 11. The minimum Gasteiger partial charge on any atom is -0.490 e. The second-order valence-electron chi connectivity index (χ2n) is 11.1. The van der Waals surface area contributed by atoms with Gasteiger partial charge in [0.25, 0.3) is 0 Å². The first-order chi connectivity index (χ1) is 20.4. The quantitative estimate of drug-likeness (QED) is 0.154. The Balaban J connectivity index is 1.22. The van der Waals surface area contributed by atoms with Crippen LogP contribution in [0.2, 0.25) is 0 Å². The number of hydrogen-bond acceptors (Lipinski definition) is 8. The van der Waals surface area contributed by atoms with Gasteiger partial charge in [-0.1, -0.05) is 0 Å². The zero-order valence-corrected chi connectivity index (χ0v) is 24.1. The second-order valence-corrected chi connectivity index (χ2v) is 11.1. The molecular weight excluding hydrogens is 536 g/mol. The highest BCUT2D eigenvalue weighted by Gasteiger charge is 2.27. The van der Waals surface area contributed by atoms with Crippen molar-refractivity contribution in [3.63, 3.8) is 0 Å². The largest absolute Gasteiger partial charge is 0.490 e. The minimum absolute atomic E-state index is 0.0418. The molecule has 1 amide bonds. The molecule has 2 aromatic carbocycles. The van der Waals surface area contributed by atoms with E-state index in [0.29, 0.717) is 35.1 Å². The molecule has 224 valence electrons. The third-order valence-electron chi connectivity index (χ3n) is 8.19. The van der Waals surface area contributed by atoms with Crippen molar-refractivity contribution in [2.45, 2.75) is 57.8 Å². The van der Waals surface area contributed by atoms with Crippen molar-refractivity contribution in [3.05, 3.63) is 53.9 Å². The molecule has 3 aromatic rings. The third-order valence-corrected chi connectivity index (χ3v) is 8.19. The van der Waals surface area contributed by atoms with Crippen LogP contribution in [-0.2, 0) is 27.5 Å². The Morgan fingerprint density at radius 1 is 1.05 bits per heavy atom. The van der Waals surface area contributed by atoms with Crippen LogP contribution >= 0.6 is 0 Å². The van der Waals surface area contributed by atoms with Gasteiger partial charge in [0, 0.05) is 12.1 Å². The van der Waals surface area contributed by atoms with Gasteiger partial charge in [0.05, 0.1) is 24.1 Å². The summed E-state index contributed by atoms with van der Waals surface area (Å²) < 4.78 is 18.9. The van der Waals surface area contributed by atoms with Crippen LogP contribution in [0.25, 0.3) is 11.0 Å². The first kappa shape index (κ1) is 29.4. The number of imidazole rings is 1. The summed E-state index contributed by atoms with van der Waals surface area (Å²) in [4.78, 5) is 29.6. The number of esters is 1. The van der Waals surface area contributed by atoms with Crippen LogP contribution in [0.1, 0.15) is 49.9 Å². The first-order valence-electron chi connectivity index (χ1n) is 14.7. The molecule has 0 atom stereocenters. The zero-order chi connectivity index (χ0) is 29.5. The number of fused-ring (bicyclic) bond motifs is 1. The Bertz CT molecular complexity index is 1390. The summed E-state index contributed by atoms with van der Waals surface area (Å²) in [5.41, 5.74) is 7.67. The smallest absolute Gasteiger partial charge is 0.308 e. The number of aromatic nitrogens is 2. The average molecular weight is 577 g/mol. The second kappa shape index (κ2) is 13.7. The molecule has 5 rings (SSSR count). The Labute approximate surface area is 245 Å². The van der Waals surface area contributed by atoms with Gasteiger partial charge in [0.15, 0.2) is 0 Å². The number of benzene rings is 2. The van der Waals surface area contributed by atoms with Gasteiger partial charge in [-0.25, -0.2) is 4.98 Å². The molecule has 0 bridgehead atoms. The van der Waals surface area contributed by atoms with E-state index < -0.39 is 0 Å². The van der Waals surface area contributed by atoms with Crippen LogP contribution in [0.4, 0.5) is 0 Å². The van der Waals surface area contributed by atoms with Crippen LogP contribution < -0.4 is 25.8 Å². The Morgan fingerprint density at radius 2 is 1.76 bits per heavy atom. The van der Waals surface area contributed by atoms with Gasteiger partial charge < -0.3 is 35.1 Å². The van der Waals surface area contributed by atoms with Gasteiger partial charge in [0.1, 0.15) is 42.4 Å². The summed E-state index contributed by atoms with van der Waals surface area (Å²) in [6.07, 6.45) is 5.52. The molecule has 1 aliphatic heterocycles.